The van der Waals surface area contributed by atoms with Crippen LogP contribution >= 0.6 is 69.0 Å². The molecular weight excluding hydrogens is 343 g/mol. The van der Waals surface area contributed by atoms with Gasteiger partial charge in [0.2, 0.25) is 0 Å². The summed E-state index contributed by atoms with van der Waals surface area (Å²) in [6.45, 7) is 0. The molecule has 0 aliphatic rings. The summed E-state index contributed by atoms with van der Waals surface area (Å²) in [4.78, 5) is 3.84. The van der Waals surface area contributed by atoms with Crippen molar-refractivity contribution < 1.29 is 0 Å². The topological polar surface area (TPSA) is 12.9 Å². The number of aromatic nitrogens is 1. The van der Waals surface area contributed by atoms with E-state index >= 15 is 0 Å². The van der Waals surface area contributed by atoms with E-state index in [1.54, 1.807) is 0 Å². The third kappa shape index (κ3) is 2.04. The molecule has 0 atom stereocenters. The Labute approximate surface area is 97.1 Å². The summed E-state index contributed by atoms with van der Waals surface area (Å²) in [7, 11) is 0. The van der Waals surface area contributed by atoms with Gasteiger partial charge >= 0.3 is 0 Å². The van der Waals surface area contributed by atoms with Crippen LogP contribution in [0.15, 0.2) is 0 Å². The SMILES string of the molecule is Clc1nc(I)c(Cl)c(Cl)c1Cl. The van der Waals surface area contributed by atoms with Gasteiger partial charge in [-0.2, -0.15) is 0 Å². The molecule has 0 N–H and O–H groups in total. The molecule has 0 fully saturated rings. The first kappa shape index (κ1) is 10.1. The van der Waals surface area contributed by atoms with Crippen LogP contribution in [-0.4, -0.2) is 4.98 Å². The van der Waals surface area contributed by atoms with E-state index in [1.807, 2.05) is 22.6 Å². The van der Waals surface area contributed by atoms with Gasteiger partial charge in [0.15, 0.2) is 5.15 Å². The van der Waals surface area contributed by atoms with Crippen molar-refractivity contribution in [3.8, 4) is 0 Å². The normalized spacial score (nSPS) is 10.3. The first-order chi connectivity index (χ1) is 5.04. The van der Waals surface area contributed by atoms with E-state index in [-0.39, 0.29) is 15.2 Å². The number of halogens is 5. The molecule has 1 rings (SSSR count). The maximum absolute atomic E-state index is 5.71. The van der Waals surface area contributed by atoms with Crippen LogP contribution in [0.25, 0.3) is 0 Å². The van der Waals surface area contributed by atoms with Crippen LogP contribution < -0.4 is 0 Å². The number of pyridine rings is 1. The van der Waals surface area contributed by atoms with Gasteiger partial charge in [0.05, 0.1) is 15.1 Å². The summed E-state index contributed by atoms with van der Waals surface area (Å²) < 4.78 is 0.545. The predicted molar refractivity (Wildman–Crippen MR) is 57.0 cm³/mol. The van der Waals surface area contributed by atoms with Crippen LogP contribution in [0.1, 0.15) is 0 Å². The largest absolute Gasteiger partial charge is 0.227 e. The van der Waals surface area contributed by atoms with Crippen molar-refractivity contribution >= 4 is 69.0 Å². The van der Waals surface area contributed by atoms with E-state index in [0.29, 0.717) is 8.72 Å². The fraction of sp³-hybridized carbons (Fsp3) is 0. The number of rotatable bonds is 0. The first-order valence-electron chi connectivity index (χ1n) is 2.39. The van der Waals surface area contributed by atoms with Crippen LogP contribution in [0.5, 0.6) is 0 Å². The molecule has 6 heteroatoms. The summed E-state index contributed by atoms with van der Waals surface area (Å²) in [5.74, 6) is 0. The van der Waals surface area contributed by atoms with Gasteiger partial charge in [0.25, 0.3) is 0 Å². The molecule has 1 nitrogen and oxygen atoms in total. The Hall–Kier alpha value is 1.04. The Morgan fingerprint density at radius 2 is 1.45 bits per heavy atom. The third-order valence-electron chi connectivity index (χ3n) is 0.944. The minimum Gasteiger partial charge on any atom is -0.227 e. The van der Waals surface area contributed by atoms with Gasteiger partial charge in [-0.15, -0.1) is 0 Å². The van der Waals surface area contributed by atoms with E-state index in [4.69, 9.17) is 46.4 Å². The lowest BCUT2D eigenvalue weighted by atomic mass is 10.5. The summed E-state index contributed by atoms with van der Waals surface area (Å²) in [6.07, 6.45) is 0. The molecule has 0 saturated heterocycles. The molecule has 0 aliphatic carbocycles. The molecule has 0 aromatic carbocycles. The van der Waals surface area contributed by atoms with Gasteiger partial charge in [-0.25, -0.2) is 4.98 Å². The Morgan fingerprint density at radius 3 is 2.00 bits per heavy atom. The van der Waals surface area contributed by atoms with Gasteiger partial charge in [0.1, 0.15) is 3.70 Å². The summed E-state index contributed by atoms with van der Waals surface area (Å²) in [6, 6.07) is 0. The third-order valence-corrected chi connectivity index (χ3v) is 3.72. The van der Waals surface area contributed by atoms with E-state index in [1.165, 1.54) is 0 Å². The monoisotopic (exact) mass is 341 g/mol. The second-order valence-electron chi connectivity index (χ2n) is 1.64. The summed E-state index contributed by atoms with van der Waals surface area (Å²) in [5.41, 5.74) is 0. The van der Waals surface area contributed by atoms with Gasteiger partial charge in [0, 0.05) is 0 Å². The minimum absolute atomic E-state index is 0.172. The molecular formula is C5Cl4IN. The summed E-state index contributed by atoms with van der Waals surface area (Å²) >= 11 is 24.6. The summed E-state index contributed by atoms with van der Waals surface area (Å²) in [5, 5.41) is 0.948. The maximum atomic E-state index is 5.71. The highest BCUT2D eigenvalue weighted by atomic mass is 127. The Morgan fingerprint density at radius 1 is 0.909 bits per heavy atom. The fourth-order valence-electron chi connectivity index (χ4n) is 0.462. The molecule has 0 aliphatic heterocycles. The minimum atomic E-state index is 0.172. The molecule has 0 amide bonds. The molecule has 1 heterocycles. The van der Waals surface area contributed by atoms with E-state index in [9.17, 15) is 0 Å². The van der Waals surface area contributed by atoms with Crippen molar-refractivity contribution in [1.29, 1.82) is 0 Å². The smallest absolute Gasteiger partial charge is 0.150 e. The molecule has 0 unspecified atom stereocenters. The van der Waals surface area contributed by atoms with Crippen LogP contribution in [-0.2, 0) is 0 Å². The van der Waals surface area contributed by atoms with Gasteiger partial charge < -0.3 is 0 Å². The quantitative estimate of drug-likeness (QED) is 0.506. The van der Waals surface area contributed by atoms with Crippen molar-refractivity contribution in [3.05, 3.63) is 23.9 Å². The lowest BCUT2D eigenvalue weighted by molar-refractivity contribution is 1.27. The zero-order valence-electron chi connectivity index (χ0n) is 4.84. The molecule has 1 aromatic heterocycles. The van der Waals surface area contributed by atoms with Crippen LogP contribution in [0.2, 0.25) is 20.2 Å². The van der Waals surface area contributed by atoms with Crippen LogP contribution in [0.4, 0.5) is 0 Å². The van der Waals surface area contributed by atoms with Crippen LogP contribution in [0.3, 0.4) is 0 Å². The second-order valence-corrected chi connectivity index (χ2v) is 4.15. The average Bonchev–Trinajstić information content (AvgIpc) is 1.97. The number of hydrogen-bond donors (Lipinski definition) is 0. The second kappa shape index (κ2) is 3.83. The highest BCUT2D eigenvalue weighted by Crippen LogP contribution is 2.36. The zero-order valence-corrected chi connectivity index (χ0v) is 10.0. The fourth-order valence-corrected chi connectivity index (χ4v) is 2.00. The zero-order chi connectivity index (χ0) is 8.59. The Kier molecular flexibility index (Phi) is 3.53. The van der Waals surface area contributed by atoms with Gasteiger partial charge in [-0.05, 0) is 22.6 Å². The molecule has 0 spiro atoms. The van der Waals surface area contributed by atoms with Crippen LogP contribution in [0, 0.1) is 3.70 Å². The average molecular weight is 343 g/mol. The molecule has 11 heavy (non-hydrogen) atoms. The predicted octanol–water partition coefficient (Wildman–Crippen LogP) is 4.30. The van der Waals surface area contributed by atoms with E-state index < -0.39 is 0 Å². The highest BCUT2D eigenvalue weighted by molar-refractivity contribution is 14.1. The van der Waals surface area contributed by atoms with E-state index in [2.05, 4.69) is 4.98 Å². The van der Waals surface area contributed by atoms with Crippen molar-refractivity contribution in [1.82, 2.24) is 4.98 Å². The van der Waals surface area contributed by atoms with Crippen molar-refractivity contribution in [2.75, 3.05) is 0 Å². The first-order valence-corrected chi connectivity index (χ1v) is 4.98. The van der Waals surface area contributed by atoms with Gasteiger partial charge in [-0.3, -0.25) is 0 Å². The lowest BCUT2D eigenvalue weighted by Gasteiger charge is -2.01. The van der Waals surface area contributed by atoms with Crippen molar-refractivity contribution in [2.24, 2.45) is 0 Å². The standard InChI is InChI=1S/C5Cl4IN/c6-1-2(7)4(9)11-5(10)3(1)8. The molecule has 0 saturated carbocycles. The van der Waals surface area contributed by atoms with Gasteiger partial charge in [-0.1, -0.05) is 46.4 Å². The Balaban J connectivity index is 3.46. The number of nitrogens with zero attached hydrogens (tertiary/aromatic N) is 1. The number of hydrogen-bond acceptors (Lipinski definition) is 1. The maximum Gasteiger partial charge on any atom is 0.150 e. The highest BCUT2D eigenvalue weighted by Gasteiger charge is 2.12. The van der Waals surface area contributed by atoms with Crippen molar-refractivity contribution in [3.63, 3.8) is 0 Å². The molecule has 0 radical (unpaired) electrons. The van der Waals surface area contributed by atoms with Crippen molar-refractivity contribution in [2.45, 2.75) is 0 Å². The molecule has 0 bridgehead atoms. The molecule has 60 valence electrons. The lowest BCUT2D eigenvalue weighted by Crippen LogP contribution is -1.85. The molecule has 1 aromatic rings. The van der Waals surface area contributed by atoms with E-state index in [0.717, 1.165) is 0 Å². The Bertz CT molecular complexity index is 275.